The molecule has 1 saturated carbocycles. The molecule has 0 amide bonds. The number of nitrogens with one attached hydrogen (secondary N) is 2. The molecule has 2 N–H and O–H groups in total. The molecule has 1 fully saturated rings. The molecule has 0 bridgehead atoms. The predicted octanol–water partition coefficient (Wildman–Crippen LogP) is 1.64. The van der Waals surface area contributed by atoms with Crippen LogP contribution in [0.2, 0.25) is 0 Å². The Morgan fingerprint density at radius 2 is 2.19 bits per heavy atom. The molecule has 0 saturated heterocycles. The highest BCUT2D eigenvalue weighted by Crippen LogP contribution is 2.32. The average molecular weight is 224 g/mol. The van der Waals surface area contributed by atoms with Crippen molar-refractivity contribution in [2.45, 2.75) is 39.8 Å². The zero-order chi connectivity index (χ0) is 11.5. The van der Waals surface area contributed by atoms with Crippen molar-refractivity contribution in [1.29, 1.82) is 0 Å². The van der Waals surface area contributed by atoms with E-state index < -0.39 is 0 Å². The van der Waals surface area contributed by atoms with E-state index in [-0.39, 0.29) is 0 Å². The lowest BCUT2D eigenvalue weighted by molar-refractivity contribution is 0.458. The zero-order valence-corrected chi connectivity index (χ0v) is 10.2. The minimum absolute atomic E-state index is 0.525. The number of anilines is 1. The Morgan fingerprint density at radius 3 is 2.81 bits per heavy atom. The molecule has 0 radical (unpaired) electrons. The molecule has 1 aliphatic carbocycles. The SMILES string of the molecule is CC(C)CNCc1nnc(NC2CC2C)o1. The number of rotatable bonds is 6. The number of hydrogen-bond donors (Lipinski definition) is 2. The van der Waals surface area contributed by atoms with Crippen LogP contribution < -0.4 is 10.6 Å². The monoisotopic (exact) mass is 224 g/mol. The maximum absolute atomic E-state index is 5.47. The summed E-state index contributed by atoms with van der Waals surface area (Å²) in [7, 11) is 0. The highest BCUT2D eigenvalue weighted by atomic mass is 16.4. The Hall–Kier alpha value is -1.10. The van der Waals surface area contributed by atoms with Gasteiger partial charge in [-0.3, -0.25) is 0 Å². The Morgan fingerprint density at radius 1 is 1.44 bits per heavy atom. The average Bonchev–Trinajstić information content (AvgIpc) is 2.73. The molecule has 5 heteroatoms. The highest BCUT2D eigenvalue weighted by Gasteiger charge is 2.33. The Balaban J connectivity index is 1.74. The Bertz CT molecular complexity index is 336. The fourth-order valence-corrected chi connectivity index (χ4v) is 1.53. The highest BCUT2D eigenvalue weighted by molar-refractivity contribution is 5.23. The predicted molar refractivity (Wildman–Crippen MR) is 62.0 cm³/mol. The molecule has 2 unspecified atom stereocenters. The Kier molecular flexibility index (Phi) is 3.43. The topological polar surface area (TPSA) is 63.0 Å². The van der Waals surface area contributed by atoms with Crippen LogP contribution in [0.1, 0.15) is 33.1 Å². The van der Waals surface area contributed by atoms with E-state index in [1.807, 2.05) is 0 Å². The fraction of sp³-hybridized carbons (Fsp3) is 0.818. The first kappa shape index (κ1) is 11.4. The van der Waals surface area contributed by atoms with Gasteiger partial charge < -0.3 is 15.1 Å². The van der Waals surface area contributed by atoms with Gasteiger partial charge in [-0.2, -0.15) is 0 Å². The van der Waals surface area contributed by atoms with Crippen LogP contribution in [-0.4, -0.2) is 22.8 Å². The minimum atomic E-state index is 0.525. The number of hydrogen-bond acceptors (Lipinski definition) is 5. The molecule has 1 heterocycles. The van der Waals surface area contributed by atoms with E-state index in [9.17, 15) is 0 Å². The molecule has 1 aromatic heterocycles. The van der Waals surface area contributed by atoms with E-state index in [0.717, 1.165) is 12.5 Å². The molecular weight excluding hydrogens is 204 g/mol. The molecule has 90 valence electrons. The molecule has 0 aliphatic heterocycles. The van der Waals surface area contributed by atoms with Gasteiger partial charge in [0.2, 0.25) is 5.89 Å². The van der Waals surface area contributed by atoms with Gasteiger partial charge in [0.25, 0.3) is 0 Å². The third-order valence-electron chi connectivity index (χ3n) is 2.71. The summed E-state index contributed by atoms with van der Waals surface area (Å²) in [6.45, 7) is 8.15. The first-order valence-electron chi connectivity index (χ1n) is 5.94. The summed E-state index contributed by atoms with van der Waals surface area (Å²) in [5.41, 5.74) is 0. The molecule has 2 rings (SSSR count). The summed E-state index contributed by atoms with van der Waals surface area (Å²) in [4.78, 5) is 0. The third kappa shape index (κ3) is 3.20. The summed E-state index contributed by atoms with van der Waals surface area (Å²) < 4.78 is 5.47. The summed E-state index contributed by atoms with van der Waals surface area (Å²) in [5.74, 6) is 2.01. The molecule has 1 aliphatic rings. The van der Waals surface area contributed by atoms with Crippen molar-refractivity contribution in [3.05, 3.63) is 5.89 Å². The molecule has 16 heavy (non-hydrogen) atoms. The van der Waals surface area contributed by atoms with Crippen molar-refractivity contribution in [3.8, 4) is 0 Å². The normalized spacial score (nSPS) is 23.8. The fourth-order valence-electron chi connectivity index (χ4n) is 1.53. The largest absolute Gasteiger partial charge is 0.407 e. The number of aromatic nitrogens is 2. The molecular formula is C11H20N4O. The smallest absolute Gasteiger partial charge is 0.315 e. The lowest BCUT2D eigenvalue weighted by atomic mass is 10.2. The van der Waals surface area contributed by atoms with Crippen LogP contribution in [0.4, 0.5) is 6.01 Å². The minimum Gasteiger partial charge on any atom is -0.407 e. The van der Waals surface area contributed by atoms with Crippen LogP contribution >= 0.6 is 0 Å². The standard InChI is InChI=1S/C11H20N4O/c1-7(2)5-12-6-10-14-15-11(16-10)13-9-4-8(9)3/h7-9,12H,4-6H2,1-3H3,(H,13,15). The number of nitrogens with zero attached hydrogens (tertiary/aromatic N) is 2. The van der Waals surface area contributed by atoms with Crippen LogP contribution in [0.3, 0.4) is 0 Å². The van der Waals surface area contributed by atoms with Gasteiger partial charge in [0.1, 0.15) is 0 Å². The van der Waals surface area contributed by atoms with Crippen molar-refractivity contribution in [1.82, 2.24) is 15.5 Å². The molecule has 5 nitrogen and oxygen atoms in total. The summed E-state index contributed by atoms with van der Waals surface area (Å²) >= 11 is 0. The van der Waals surface area contributed by atoms with Gasteiger partial charge in [-0.05, 0) is 24.8 Å². The second-order valence-electron chi connectivity index (χ2n) is 4.99. The molecule has 1 aromatic rings. The van der Waals surface area contributed by atoms with Gasteiger partial charge in [-0.1, -0.05) is 25.9 Å². The van der Waals surface area contributed by atoms with E-state index in [1.165, 1.54) is 6.42 Å². The summed E-state index contributed by atoms with van der Waals surface area (Å²) in [6.07, 6.45) is 1.20. The molecule has 0 spiro atoms. The van der Waals surface area contributed by atoms with Gasteiger partial charge in [0.15, 0.2) is 0 Å². The van der Waals surface area contributed by atoms with Gasteiger partial charge in [-0.15, -0.1) is 5.10 Å². The quantitative estimate of drug-likeness (QED) is 0.769. The van der Waals surface area contributed by atoms with Crippen molar-refractivity contribution in [2.24, 2.45) is 11.8 Å². The second kappa shape index (κ2) is 4.82. The van der Waals surface area contributed by atoms with Crippen molar-refractivity contribution >= 4 is 6.01 Å². The van der Waals surface area contributed by atoms with Crippen LogP contribution in [0.25, 0.3) is 0 Å². The summed E-state index contributed by atoms with van der Waals surface area (Å²) in [5, 5.41) is 14.4. The van der Waals surface area contributed by atoms with Gasteiger partial charge in [0.05, 0.1) is 6.54 Å². The summed E-state index contributed by atoms with van der Waals surface area (Å²) in [6, 6.07) is 1.08. The van der Waals surface area contributed by atoms with Crippen LogP contribution in [-0.2, 0) is 6.54 Å². The van der Waals surface area contributed by atoms with E-state index in [1.54, 1.807) is 0 Å². The third-order valence-corrected chi connectivity index (χ3v) is 2.71. The van der Waals surface area contributed by atoms with E-state index >= 15 is 0 Å². The lowest BCUT2D eigenvalue weighted by Gasteiger charge is -2.03. The van der Waals surface area contributed by atoms with Gasteiger partial charge in [-0.25, -0.2) is 0 Å². The maximum Gasteiger partial charge on any atom is 0.315 e. The van der Waals surface area contributed by atoms with Gasteiger partial charge >= 0.3 is 6.01 Å². The van der Waals surface area contributed by atoms with Crippen molar-refractivity contribution in [3.63, 3.8) is 0 Å². The van der Waals surface area contributed by atoms with Crippen LogP contribution in [0.15, 0.2) is 4.42 Å². The zero-order valence-electron chi connectivity index (χ0n) is 10.2. The lowest BCUT2D eigenvalue weighted by Crippen LogP contribution is -2.19. The molecule has 2 atom stereocenters. The van der Waals surface area contributed by atoms with Crippen molar-refractivity contribution in [2.75, 3.05) is 11.9 Å². The van der Waals surface area contributed by atoms with Crippen LogP contribution in [0, 0.1) is 11.8 Å². The van der Waals surface area contributed by atoms with Gasteiger partial charge in [0, 0.05) is 6.04 Å². The van der Waals surface area contributed by atoms with Crippen molar-refractivity contribution < 1.29 is 4.42 Å². The Labute approximate surface area is 96.0 Å². The maximum atomic E-state index is 5.47. The van der Waals surface area contributed by atoms with E-state index in [4.69, 9.17) is 4.42 Å². The second-order valence-corrected chi connectivity index (χ2v) is 4.99. The van der Waals surface area contributed by atoms with E-state index in [2.05, 4.69) is 41.6 Å². The van der Waals surface area contributed by atoms with Crippen LogP contribution in [0.5, 0.6) is 0 Å². The first-order valence-corrected chi connectivity index (χ1v) is 5.94. The molecule has 0 aromatic carbocycles. The first-order chi connectivity index (χ1) is 7.65. The van der Waals surface area contributed by atoms with E-state index in [0.29, 0.717) is 30.4 Å².